The number of sulfone groups is 1. The summed E-state index contributed by atoms with van der Waals surface area (Å²) in [6.45, 7) is 1.82. The molecule has 7 heteroatoms. The van der Waals surface area contributed by atoms with Gasteiger partial charge in [-0.1, -0.05) is 0 Å². The Balaban J connectivity index is 2.15. The zero-order chi connectivity index (χ0) is 12.5. The Labute approximate surface area is 99.7 Å². The largest absolute Gasteiger partial charge is 0.481 e. The standard InChI is InChI=1S/C10H13N3O3S/c1-7-5-9(16-2)13-10(11-7)12-8-3-4-17(14,15)6-8/h3-5,8H,6H2,1-2H3,(H,11,12,13). The molecule has 0 spiro atoms. The highest BCUT2D eigenvalue weighted by Crippen LogP contribution is 2.15. The molecule has 1 atom stereocenters. The molecule has 0 saturated heterocycles. The van der Waals surface area contributed by atoms with Crippen LogP contribution in [0.25, 0.3) is 0 Å². The number of hydrogen-bond donors (Lipinski definition) is 1. The molecule has 0 fully saturated rings. The molecule has 92 valence electrons. The molecule has 0 aromatic carbocycles. The van der Waals surface area contributed by atoms with Gasteiger partial charge in [0.1, 0.15) is 0 Å². The van der Waals surface area contributed by atoms with E-state index in [1.807, 2.05) is 6.92 Å². The lowest BCUT2D eigenvalue weighted by molar-refractivity contribution is 0.397. The molecule has 1 aliphatic heterocycles. The van der Waals surface area contributed by atoms with Crippen molar-refractivity contribution in [1.82, 2.24) is 9.97 Å². The quantitative estimate of drug-likeness (QED) is 0.847. The average molecular weight is 255 g/mol. The molecular weight excluding hydrogens is 242 g/mol. The van der Waals surface area contributed by atoms with Crippen LogP contribution in [0.2, 0.25) is 0 Å². The summed E-state index contributed by atoms with van der Waals surface area (Å²) in [5.74, 6) is 0.852. The van der Waals surface area contributed by atoms with Crippen molar-refractivity contribution in [2.24, 2.45) is 0 Å². The first-order chi connectivity index (χ1) is 7.98. The molecule has 1 unspecified atom stereocenters. The summed E-state index contributed by atoms with van der Waals surface area (Å²) in [4.78, 5) is 8.25. The van der Waals surface area contributed by atoms with Crippen LogP contribution >= 0.6 is 0 Å². The number of nitrogens with zero attached hydrogens (tertiary/aromatic N) is 2. The van der Waals surface area contributed by atoms with Crippen LogP contribution in [0.4, 0.5) is 5.95 Å². The highest BCUT2D eigenvalue weighted by Gasteiger charge is 2.22. The van der Waals surface area contributed by atoms with E-state index in [0.29, 0.717) is 11.8 Å². The minimum Gasteiger partial charge on any atom is -0.481 e. The predicted octanol–water partition coefficient (Wildman–Crippen LogP) is 0.516. The van der Waals surface area contributed by atoms with Crippen LogP contribution in [0.5, 0.6) is 5.88 Å². The molecule has 0 amide bonds. The summed E-state index contributed by atoms with van der Waals surface area (Å²) in [6, 6.07) is 1.42. The van der Waals surface area contributed by atoms with Gasteiger partial charge in [0.2, 0.25) is 11.8 Å². The van der Waals surface area contributed by atoms with E-state index in [1.165, 1.54) is 12.5 Å². The summed E-state index contributed by atoms with van der Waals surface area (Å²) in [7, 11) is -1.55. The summed E-state index contributed by atoms with van der Waals surface area (Å²) in [5, 5.41) is 4.15. The van der Waals surface area contributed by atoms with Crippen LogP contribution in [-0.2, 0) is 9.84 Å². The number of hydrogen-bond acceptors (Lipinski definition) is 6. The Morgan fingerprint density at radius 1 is 1.47 bits per heavy atom. The van der Waals surface area contributed by atoms with Crippen molar-refractivity contribution in [1.29, 1.82) is 0 Å². The molecule has 1 N–H and O–H groups in total. The summed E-state index contributed by atoms with van der Waals surface area (Å²) in [5.41, 5.74) is 0.754. The van der Waals surface area contributed by atoms with E-state index in [1.54, 1.807) is 12.1 Å². The van der Waals surface area contributed by atoms with Gasteiger partial charge in [0.05, 0.1) is 18.9 Å². The van der Waals surface area contributed by atoms with Gasteiger partial charge in [-0.2, -0.15) is 4.98 Å². The number of ether oxygens (including phenoxy) is 1. The Hall–Kier alpha value is -1.63. The molecule has 0 aliphatic carbocycles. The second-order valence-electron chi connectivity index (χ2n) is 3.78. The Morgan fingerprint density at radius 3 is 2.82 bits per heavy atom. The normalized spacial score (nSPS) is 21.4. The first kappa shape index (κ1) is 11.8. The first-order valence-corrected chi connectivity index (χ1v) is 6.77. The predicted molar refractivity (Wildman–Crippen MR) is 63.7 cm³/mol. The zero-order valence-corrected chi connectivity index (χ0v) is 10.4. The van der Waals surface area contributed by atoms with Crippen molar-refractivity contribution in [3.05, 3.63) is 23.2 Å². The van der Waals surface area contributed by atoms with Gasteiger partial charge < -0.3 is 10.1 Å². The van der Waals surface area contributed by atoms with Gasteiger partial charge in [0.25, 0.3) is 0 Å². The van der Waals surface area contributed by atoms with Crippen LogP contribution in [0, 0.1) is 6.92 Å². The molecule has 2 rings (SSSR count). The molecule has 0 saturated carbocycles. The van der Waals surface area contributed by atoms with Crippen molar-refractivity contribution >= 4 is 15.8 Å². The highest BCUT2D eigenvalue weighted by molar-refractivity contribution is 7.94. The van der Waals surface area contributed by atoms with Crippen LogP contribution in [-0.4, -0.2) is 37.3 Å². The molecule has 2 heterocycles. The average Bonchev–Trinajstić information content (AvgIpc) is 2.57. The molecule has 6 nitrogen and oxygen atoms in total. The molecule has 0 bridgehead atoms. The Morgan fingerprint density at radius 2 is 2.24 bits per heavy atom. The van der Waals surface area contributed by atoms with E-state index in [0.717, 1.165) is 5.69 Å². The fourth-order valence-corrected chi connectivity index (χ4v) is 2.78. The van der Waals surface area contributed by atoms with Crippen molar-refractivity contribution in [3.8, 4) is 5.88 Å². The molecule has 0 radical (unpaired) electrons. The van der Waals surface area contributed by atoms with Gasteiger partial charge in [-0.15, -0.1) is 0 Å². The lowest BCUT2D eigenvalue weighted by Crippen LogP contribution is -2.22. The maximum atomic E-state index is 11.2. The number of rotatable bonds is 3. The lowest BCUT2D eigenvalue weighted by Gasteiger charge is -2.11. The first-order valence-electron chi connectivity index (χ1n) is 5.06. The van der Waals surface area contributed by atoms with Gasteiger partial charge in [0.15, 0.2) is 9.84 Å². The summed E-state index contributed by atoms with van der Waals surface area (Å²) in [6.07, 6.45) is 1.59. The molecule has 17 heavy (non-hydrogen) atoms. The topological polar surface area (TPSA) is 81.2 Å². The van der Waals surface area contributed by atoms with Gasteiger partial charge in [-0.05, 0) is 13.0 Å². The molecular formula is C10H13N3O3S. The van der Waals surface area contributed by atoms with E-state index in [9.17, 15) is 8.42 Å². The smallest absolute Gasteiger partial charge is 0.226 e. The van der Waals surface area contributed by atoms with Gasteiger partial charge in [-0.3, -0.25) is 0 Å². The van der Waals surface area contributed by atoms with E-state index in [4.69, 9.17) is 4.74 Å². The third kappa shape index (κ3) is 2.94. The molecule has 1 aromatic rings. The van der Waals surface area contributed by atoms with Crippen LogP contribution in [0.15, 0.2) is 17.6 Å². The van der Waals surface area contributed by atoms with Crippen LogP contribution in [0.1, 0.15) is 5.69 Å². The van der Waals surface area contributed by atoms with E-state index in [-0.39, 0.29) is 11.8 Å². The SMILES string of the molecule is COc1cc(C)nc(NC2C=CS(=O)(=O)C2)n1. The molecule has 1 aliphatic rings. The summed E-state index contributed by atoms with van der Waals surface area (Å²) < 4.78 is 27.5. The van der Waals surface area contributed by atoms with Gasteiger partial charge in [-0.25, -0.2) is 13.4 Å². The second-order valence-corrected chi connectivity index (χ2v) is 5.72. The van der Waals surface area contributed by atoms with E-state index >= 15 is 0 Å². The third-order valence-electron chi connectivity index (χ3n) is 2.28. The minimum atomic E-state index is -3.07. The van der Waals surface area contributed by atoms with Crippen LogP contribution < -0.4 is 10.1 Å². The van der Waals surface area contributed by atoms with E-state index in [2.05, 4.69) is 15.3 Å². The number of nitrogens with one attached hydrogen (secondary N) is 1. The monoisotopic (exact) mass is 255 g/mol. The number of aryl methyl sites for hydroxylation is 1. The second kappa shape index (κ2) is 4.33. The number of anilines is 1. The summed E-state index contributed by atoms with van der Waals surface area (Å²) >= 11 is 0. The Bertz CT molecular complexity index is 554. The third-order valence-corrected chi connectivity index (χ3v) is 3.68. The van der Waals surface area contributed by atoms with Crippen molar-refractivity contribution in [2.45, 2.75) is 13.0 Å². The highest BCUT2D eigenvalue weighted by atomic mass is 32.2. The van der Waals surface area contributed by atoms with Crippen molar-refractivity contribution in [2.75, 3.05) is 18.2 Å². The van der Waals surface area contributed by atoms with Crippen molar-refractivity contribution < 1.29 is 13.2 Å². The van der Waals surface area contributed by atoms with Gasteiger partial charge in [0, 0.05) is 17.2 Å². The van der Waals surface area contributed by atoms with Gasteiger partial charge >= 0.3 is 0 Å². The fraction of sp³-hybridized carbons (Fsp3) is 0.400. The fourth-order valence-electron chi connectivity index (χ4n) is 1.54. The minimum absolute atomic E-state index is 0.0343. The maximum absolute atomic E-state index is 11.2. The van der Waals surface area contributed by atoms with Crippen molar-refractivity contribution in [3.63, 3.8) is 0 Å². The number of methoxy groups -OCH3 is 1. The maximum Gasteiger partial charge on any atom is 0.226 e. The number of aromatic nitrogens is 2. The van der Waals surface area contributed by atoms with Crippen LogP contribution in [0.3, 0.4) is 0 Å². The van der Waals surface area contributed by atoms with E-state index < -0.39 is 9.84 Å². The zero-order valence-electron chi connectivity index (χ0n) is 9.54. The Kier molecular flexibility index (Phi) is 3.01. The lowest BCUT2D eigenvalue weighted by atomic mass is 10.3. The molecule has 1 aromatic heterocycles.